The zero-order valence-electron chi connectivity index (χ0n) is 13.7. The molecule has 3 rings (SSSR count). The molecule has 0 radical (unpaired) electrons. The van der Waals surface area contributed by atoms with E-state index in [0.29, 0.717) is 11.1 Å². The van der Waals surface area contributed by atoms with Crippen molar-refractivity contribution in [2.24, 2.45) is 0 Å². The summed E-state index contributed by atoms with van der Waals surface area (Å²) in [5, 5.41) is 3.62. The maximum absolute atomic E-state index is 12.6. The van der Waals surface area contributed by atoms with Crippen molar-refractivity contribution >= 4 is 10.1 Å². The number of hydrogen-bond donors (Lipinski definition) is 0. The number of rotatable bonds is 5. The lowest BCUT2D eigenvalue weighted by Gasteiger charge is -2.14. The standard InChI is InChI=1S/C15H11F5N2O5S/c16-14(17)26-9-6-4-8(5-7-9)22-13(23)11-3-1-2-10(11)12(21-22)27-28(24,25)15(18,19)20/h4-7,14H,1-3H2. The summed E-state index contributed by atoms with van der Waals surface area (Å²) in [5.41, 5.74) is -6.28. The summed E-state index contributed by atoms with van der Waals surface area (Å²) in [4.78, 5) is 12.6. The largest absolute Gasteiger partial charge is 0.534 e. The van der Waals surface area contributed by atoms with Gasteiger partial charge in [-0.25, -0.2) is 0 Å². The summed E-state index contributed by atoms with van der Waals surface area (Å²) in [7, 11) is -5.99. The Hall–Kier alpha value is -2.70. The third-order valence-electron chi connectivity index (χ3n) is 3.90. The van der Waals surface area contributed by atoms with Crippen LogP contribution in [0.1, 0.15) is 17.5 Å². The number of ether oxygens (including phenoxy) is 1. The number of halogens is 5. The maximum atomic E-state index is 12.6. The highest BCUT2D eigenvalue weighted by atomic mass is 32.2. The Morgan fingerprint density at radius 1 is 1.07 bits per heavy atom. The molecule has 0 bridgehead atoms. The lowest BCUT2D eigenvalue weighted by Crippen LogP contribution is -2.31. The maximum Gasteiger partial charge on any atom is 0.534 e. The van der Waals surface area contributed by atoms with Crippen LogP contribution in [0.25, 0.3) is 5.69 Å². The van der Waals surface area contributed by atoms with Gasteiger partial charge in [0.15, 0.2) is 0 Å². The van der Waals surface area contributed by atoms with Crippen LogP contribution < -0.4 is 14.5 Å². The second-order valence-corrected chi connectivity index (χ2v) is 7.23. The van der Waals surface area contributed by atoms with E-state index in [1.807, 2.05) is 0 Å². The average Bonchev–Trinajstić information content (AvgIpc) is 3.07. The highest BCUT2D eigenvalue weighted by molar-refractivity contribution is 7.87. The van der Waals surface area contributed by atoms with Crippen LogP contribution in [0.5, 0.6) is 11.6 Å². The van der Waals surface area contributed by atoms with Crippen molar-refractivity contribution in [3.05, 3.63) is 45.7 Å². The van der Waals surface area contributed by atoms with Gasteiger partial charge in [-0.15, -0.1) is 5.10 Å². The Bertz CT molecular complexity index is 1050. The lowest BCUT2D eigenvalue weighted by molar-refractivity contribution is -0.0506. The van der Waals surface area contributed by atoms with Gasteiger partial charge in [0, 0.05) is 11.1 Å². The Morgan fingerprint density at radius 3 is 2.25 bits per heavy atom. The van der Waals surface area contributed by atoms with Crippen LogP contribution in [0.3, 0.4) is 0 Å². The first-order valence-corrected chi connectivity index (χ1v) is 9.11. The number of alkyl halides is 5. The van der Waals surface area contributed by atoms with Gasteiger partial charge in [-0.3, -0.25) is 4.79 Å². The molecule has 0 aliphatic heterocycles. The van der Waals surface area contributed by atoms with E-state index >= 15 is 0 Å². The molecule has 13 heteroatoms. The number of fused-ring (bicyclic) bond motifs is 1. The second kappa shape index (κ2) is 7.04. The molecule has 1 aromatic carbocycles. The predicted octanol–water partition coefficient (Wildman–Crippen LogP) is 2.55. The Labute approximate surface area is 154 Å². The summed E-state index contributed by atoms with van der Waals surface area (Å²) in [5.74, 6) is -1.07. The van der Waals surface area contributed by atoms with Crippen LogP contribution in [0.4, 0.5) is 22.0 Å². The van der Waals surface area contributed by atoms with Crippen LogP contribution in [0.2, 0.25) is 0 Å². The van der Waals surface area contributed by atoms with E-state index in [1.165, 1.54) is 0 Å². The zero-order chi connectivity index (χ0) is 20.7. The van der Waals surface area contributed by atoms with Gasteiger partial charge in [-0.05, 0) is 43.5 Å². The smallest absolute Gasteiger partial charge is 0.435 e. The van der Waals surface area contributed by atoms with Gasteiger partial charge >= 0.3 is 22.2 Å². The third kappa shape index (κ3) is 3.79. The Kier molecular flexibility index (Phi) is 5.04. The molecule has 0 spiro atoms. The van der Waals surface area contributed by atoms with Crippen molar-refractivity contribution in [2.75, 3.05) is 0 Å². The van der Waals surface area contributed by atoms with Gasteiger partial charge in [-0.1, -0.05) is 0 Å². The molecule has 2 aromatic rings. The molecule has 1 aliphatic carbocycles. The molecule has 0 fully saturated rings. The summed E-state index contributed by atoms with van der Waals surface area (Å²) >= 11 is 0. The normalized spacial score (nSPS) is 14.2. The Morgan fingerprint density at radius 2 is 1.68 bits per heavy atom. The first kappa shape index (κ1) is 20.0. The van der Waals surface area contributed by atoms with Crippen LogP contribution in [0.15, 0.2) is 29.1 Å². The summed E-state index contributed by atoms with van der Waals surface area (Å²) in [6, 6.07) is 4.51. The molecular weight excluding hydrogens is 415 g/mol. The molecule has 7 nitrogen and oxygen atoms in total. The quantitative estimate of drug-likeness (QED) is 0.415. The third-order valence-corrected chi connectivity index (χ3v) is 4.84. The fourth-order valence-electron chi connectivity index (χ4n) is 2.70. The first-order chi connectivity index (χ1) is 13.0. The van der Waals surface area contributed by atoms with Gasteiger partial charge in [-0.2, -0.15) is 35.1 Å². The van der Waals surface area contributed by atoms with E-state index in [4.69, 9.17) is 0 Å². The van der Waals surface area contributed by atoms with Crippen molar-refractivity contribution in [2.45, 2.75) is 31.4 Å². The zero-order valence-corrected chi connectivity index (χ0v) is 14.6. The number of aromatic nitrogens is 2. The molecule has 28 heavy (non-hydrogen) atoms. The fourth-order valence-corrected chi connectivity index (χ4v) is 3.14. The van der Waals surface area contributed by atoms with E-state index in [9.17, 15) is 35.2 Å². The van der Waals surface area contributed by atoms with E-state index < -0.39 is 33.7 Å². The molecule has 0 saturated carbocycles. The molecule has 0 N–H and O–H groups in total. The van der Waals surface area contributed by atoms with Gasteiger partial charge in [0.05, 0.1) is 5.69 Å². The van der Waals surface area contributed by atoms with Crippen LogP contribution in [-0.4, -0.2) is 30.3 Å². The SMILES string of the molecule is O=c1c2c(c(OS(=O)(=O)C(F)(F)F)nn1-c1ccc(OC(F)F)cc1)CCC2. The molecule has 0 unspecified atom stereocenters. The van der Waals surface area contributed by atoms with E-state index in [2.05, 4.69) is 14.0 Å². The molecule has 0 atom stereocenters. The number of hydrogen-bond acceptors (Lipinski definition) is 6. The molecule has 1 aliphatic rings. The van der Waals surface area contributed by atoms with Crippen LogP contribution in [-0.2, 0) is 23.0 Å². The van der Waals surface area contributed by atoms with Gasteiger partial charge in [0.2, 0.25) is 0 Å². The first-order valence-electron chi connectivity index (χ1n) is 7.70. The second-order valence-electron chi connectivity index (χ2n) is 5.69. The van der Waals surface area contributed by atoms with Gasteiger partial charge in [0.1, 0.15) is 5.75 Å². The number of nitrogens with zero attached hydrogens (tertiary/aromatic N) is 2. The topological polar surface area (TPSA) is 87.5 Å². The van der Waals surface area contributed by atoms with E-state index in [1.54, 1.807) is 0 Å². The van der Waals surface area contributed by atoms with Crippen LogP contribution >= 0.6 is 0 Å². The number of benzene rings is 1. The molecule has 0 amide bonds. The molecule has 152 valence electrons. The minimum Gasteiger partial charge on any atom is -0.435 e. The Balaban J connectivity index is 2.07. The summed E-state index contributed by atoms with van der Waals surface area (Å²) < 4.78 is 94.0. The van der Waals surface area contributed by atoms with E-state index in [-0.39, 0.29) is 35.4 Å². The van der Waals surface area contributed by atoms with Crippen molar-refractivity contribution in [3.8, 4) is 17.3 Å². The lowest BCUT2D eigenvalue weighted by atomic mass is 10.2. The predicted molar refractivity (Wildman–Crippen MR) is 84.1 cm³/mol. The van der Waals surface area contributed by atoms with E-state index in [0.717, 1.165) is 24.3 Å². The van der Waals surface area contributed by atoms with Crippen LogP contribution in [0, 0.1) is 0 Å². The highest BCUT2D eigenvalue weighted by Crippen LogP contribution is 2.32. The molecule has 1 heterocycles. The van der Waals surface area contributed by atoms with Crippen molar-refractivity contribution in [3.63, 3.8) is 0 Å². The fraction of sp³-hybridized carbons (Fsp3) is 0.333. The summed E-state index contributed by atoms with van der Waals surface area (Å²) in [6.07, 6.45) is 0.730. The van der Waals surface area contributed by atoms with Crippen molar-refractivity contribution < 1.29 is 39.3 Å². The minimum absolute atomic E-state index is 0.00410. The minimum atomic E-state index is -5.99. The van der Waals surface area contributed by atoms with Crippen molar-refractivity contribution in [1.29, 1.82) is 0 Å². The molecular formula is C15H11F5N2O5S. The van der Waals surface area contributed by atoms with Crippen molar-refractivity contribution in [1.82, 2.24) is 9.78 Å². The molecule has 0 saturated heterocycles. The monoisotopic (exact) mass is 426 g/mol. The van der Waals surface area contributed by atoms with Gasteiger partial charge < -0.3 is 8.92 Å². The highest BCUT2D eigenvalue weighted by Gasteiger charge is 2.49. The van der Waals surface area contributed by atoms with Gasteiger partial charge in [0.25, 0.3) is 11.4 Å². The summed E-state index contributed by atoms with van der Waals surface area (Å²) in [6.45, 7) is -3.07. The average molecular weight is 426 g/mol. The molecule has 1 aromatic heterocycles.